The predicted molar refractivity (Wildman–Crippen MR) is 74.5 cm³/mol. The molecule has 20 heavy (non-hydrogen) atoms. The number of hydrogen-bond acceptors (Lipinski definition) is 5. The van der Waals surface area contributed by atoms with Gasteiger partial charge in [0.1, 0.15) is 11.9 Å². The van der Waals surface area contributed by atoms with Crippen molar-refractivity contribution in [3.63, 3.8) is 0 Å². The number of carbonyl (C=O) groups excluding carboxylic acids is 1. The van der Waals surface area contributed by atoms with Gasteiger partial charge >= 0.3 is 5.97 Å². The van der Waals surface area contributed by atoms with Crippen molar-refractivity contribution < 1.29 is 9.53 Å². The minimum Gasteiger partial charge on any atom is -0.465 e. The molecule has 1 aliphatic rings. The number of benzene rings is 1. The van der Waals surface area contributed by atoms with Gasteiger partial charge in [0, 0.05) is 24.7 Å². The van der Waals surface area contributed by atoms with E-state index in [4.69, 9.17) is 16.9 Å². The van der Waals surface area contributed by atoms with E-state index in [2.05, 4.69) is 10.1 Å². The highest BCUT2D eigenvalue weighted by atomic mass is 35.5. The summed E-state index contributed by atoms with van der Waals surface area (Å²) in [4.78, 5) is 13.5. The summed E-state index contributed by atoms with van der Waals surface area (Å²) < 4.78 is 4.63. The van der Waals surface area contributed by atoms with E-state index in [1.165, 1.54) is 7.11 Å². The zero-order valence-electron chi connectivity index (χ0n) is 11.0. The lowest BCUT2D eigenvalue weighted by Gasteiger charge is -2.19. The maximum atomic E-state index is 11.6. The number of ether oxygens (including phenoxy) is 1. The monoisotopic (exact) mass is 291 g/mol. The number of nitriles is 1. The molecule has 1 aliphatic heterocycles. The van der Waals surface area contributed by atoms with Gasteiger partial charge < -0.3 is 15.0 Å². The molecule has 0 unspecified atom stereocenters. The van der Waals surface area contributed by atoms with Gasteiger partial charge in [-0.25, -0.2) is 4.79 Å². The van der Waals surface area contributed by atoms with Crippen LogP contribution in [-0.2, 0) is 16.1 Å². The summed E-state index contributed by atoms with van der Waals surface area (Å²) in [6.07, 6.45) is 0. The first-order valence-corrected chi connectivity index (χ1v) is 6.49. The summed E-state index contributed by atoms with van der Waals surface area (Å²) in [5.74, 6) is -0.104. The first-order valence-electron chi connectivity index (χ1n) is 6.11. The Balaban J connectivity index is 2.23. The summed E-state index contributed by atoms with van der Waals surface area (Å²) >= 11 is 5.85. The zero-order valence-corrected chi connectivity index (χ0v) is 11.8. The second-order valence-corrected chi connectivity index (χ2v) is 4.74. The van der Waals surface area contributed by atoms with E-state index in [0.717, 1.165) is 12.1 Å². The van der Waals surface area contributed by atoms with Crippen LogP contribution in [0.4, 0.5) is 0 Å². The Labute approximate surface area is 122 Å². The van der Waals surface area contributed by atoms with E-state index in [0.29, 0.717) is 23.9 Å². The van der Waals surface area contributed by atoms with Crippen LogP contribution in [0.2, 0.25) is 5.02 Å². The topological polar surface area (TPSA) is 65.4 Å². The third-order valence-corrected chi connectivity index (χ3v) is 3.27. The van der Waals surface area contributed by atoms with Crippen LogP contribution in [0.1, 0.15) is 5.56 Å². The molecule has 1 fully saturated rings. The molecule has 0 bridgehead atoms. The summed E-state index contributed by atoms with van der Waals surface area (Å²) in [6.45, 7) is 2.01. The molecule has 0 aliphatic carbocycles. The molecular formula is C14H14ClN3O2. The lowest BCUT2D eigenvalue weighted by Crippen LogP contribution is -2.24. The van der Waals surface area contributed by atoms with Gasteiger partial charge in [-0.15, -0.1) is 0 Å². The normalized spacial score (nSPS) is 16.4. The van der Waals surface area contributed by atoms with E-state index < -0.39 is 5.97 Å². The van der Waals surface area contributed by atoms with Gasteiger partial charge in [-0.3, -0.25) is 0 Å². The lowest BCUT2D eigenvalue weighted by molar-refractivity contribution is -0.135. The number of nitrogens with one attached hydrogen (secondary N) is 1. The molecule has 0 spiro atoms. The van der Waals surface area contributed by atoms with E-state index >= 15 is 0 Å². The molecule has 0 saturated carbocycles. The van der Waals surface area contributed by atoms with Crippen LogP contribution in [0.5, 0.6) is 0 Å². The first-order chi connectivity index (χ1) is 9.65. The minimum absolute atomic E-state index is 0.000960. The number of nitrogens with zero attached hydrogens (tertiary/aromatic N) is 2. The molecule has 104 valence electrons. The smallest absolute Gasteiger partial charge is 0.352 e. The maximum absolute atomic E-state index is 11.6. The average Bonchev–Trinajstić information content (AvgIpc) is 2.90. The molecule has 1 heterocycles. The molecule has 1 N–H and O–H groups in total. The van der Waals surface area contributed by atoms with E-state index in [-0.39, 0.29) is 5.57 Å². The molecule has 1 saturated heterocycles. The van der Waals surface area contributed by atoms with Crippen LogP contribution >= 0.6 is 11.6 Å². The highest BCUT2D eigenvalue weighted by Gasteiger charge is 2.25. The Kier molecular flexibility index (Phi) is 4.49. The molecule has 0 radical (unpaired) electrons. The second-order valence-electron chi connectivity index (χ2n) is 4.30. The maximum Gasteiger partial charge on any atom is 0.352 e. The van der Waals surface area contributed by atoms with Gasteiger partial charge in [-0.1, -0.05) is 23.7 Å². The first kappa shape index (κ1) is 14.2. The number of hydrogen-bond donors (Lipinski definition) is 1. The van der Waals surface area contributed by atoms with Crippen molar-refractivity contribution in [3.05, 3.63) is 46.2 Å². The van der Waals surface area contributed by atoms with Crippen molar-refractivity contribution in [2.24, 2.45) is 0 Å². The molecular weight excluding hydrogens is 278 g/mol. The minimum atomic E-state index is -0.627. The summed E-state index contributed by atoms with van der Waals surface area (Å²) in [7, 11) is 1.26. The average molecular weight is 292 g/mol. The van der Waals surface area contributed by atoms with E-state index in [1.807, 2.05) is 35.2 Å². The number of methoxy groups -OCH3 is 1. The Hall–Kier alpha value is -2.19. The third kappa shape index (κ3) is 3.03. The van der Waals surface area contributed by atoms with Gasteiger partial charge in [0.15, 0.2) is 5.57 Å². The molecule has 0 atom stereocenters. The van der Waals surface area contributed by atoms with Crippen molar-refractivity contribution in [3.8, 4) is 6.07 Å². The number of rotatable bonds is 3. The van der Waals surface area contributed by atoms with Crippen LogP contribution in [0.25, 0.3) is 0 Å². The SMILES string of the molecule is COC(=O)C(C#N)=C1NCCN1Cc1ccc(Cl)cc1. The highest BCUT2D eigenvalue weighted by molar-refractivity contribution is 6.30. The van der Waals surface area contributed by atoms with Crippen LogP contribution in [-0.4, -0.2) is 31.1 Å². The Morgan fingerprint density at radius 2 is 2.20 bits per heavy atom. The summed E-state index contributed by atoms with van der Waals surface area (Å²) in [5.41, 5.74) is 1.05. The Morgan fingerprint density at radius 1 is 1.50 bits per heavy atom. The lowest BCUT2D eigenvalue weighted by atomic mass is 10.2. The predicted octanol–water partition coefficient (Wildman–Crippen LogP) is 1.65. The molecule has 1 aromatic rings. The van der Waals surface area contributed by atoms with Crippen LogP contribution in [0.15, 0.2) is 35.7 Å². The van der Waals surface area contributed by atoms with Gasteiger partial charge in [0.2, 0.25) is 0 Å². The van der Waals surface area contributed by atoms with Crippen molar-refractivity contribution >= 4 is 17.6 Å². The van der Waals surface area contributed by atoms with Gasteiger partial charge in [0.05, 0.1) is 7.11 Å². The van der Waals surface area contributed by atoms with Gasteiger partial charge in [-0.2, -0.15) is 5.26 Å². The molecule has 1 aromatic carbocycles. The van der Waals surface area contributed by atoms with Crippen molar-refractivity contribution in [1.82, 2.24) is 10.2 Å². The van der Waals surface area contributed by atoms with Crippen LogP contribution in [0, 0.1) is 11.3 Å². The third-order valence-electron chi connectivity index (χ3n) is 3.02. The Morgan fingerprint density at radius 3 is 2.80 bits per heavy atom. The zero-order chi connectivity index (χ0) is 14.5. The summed E-state index contributed by atoms with van der Waals surface area (Å²) in [6, 6.07) is 9.37. The molecule has 6 heteroatoms. The van der Waals surface area contributed by atoms with E-state index in [9.17, 15) is 4.79 Å². The van der Waals surface area contributed by atoms with Crippen LogP contribution < -0.4 is 5.32 Å². The quantitative estimate of drug-likeness (QED) is 0.521. The molecule has 0 aromatic heterocycles. The van der Waals surface area contributed by atoms with Crippen LogP contribution in [0.3, 0.4) is 0 Å². The standard InChI is InChI=1S/C14H14ClN3O2/c1-20-14(19)12(8-16)13-17-6-7-18(13)9-10-2-4-11(15)5-3-10/h2-5,17H,6-7,9H2,1H3. The molecule has 0 amide bonds. The fourth-order valence-corrected chi connectivity index (χ4v) is 2.17. The van der Waals surface area contributed by atoms with E-state index in [1.54, 1.807) is 0 Å². The Bertz CT molecular complexity index is 575. The largest absolute Gasteiger partial charge is 0.465 e. The fourth-order valence-electron chi connectivity index (χ4n) is 2.05. The summed E-state index contributed by atoms with van der Waals surface area (Å²) in [5, 5.41) is 12.9. The fraction of sp³-hybridized carbons (Fsp3) is 0.286. The molecule has 5 nitrogen and oxygen atoms in total. The number of esters is 1. The van der Waals surface area contributed by atoms with Gasteiger partial charge in [0.25, 0.3) is 0 Å². The molecule has 2 rings (SSSR count). The van der Waals surface area contributed by atoms with Crippen molar-refractivity contribution in [2.75, 3.05) is 20.2 Å². The highest BCUT2D eigenvalue weighted by Crippen LogP contribution is 2.18. The van der Waals surface area contributed by atoms with Crippen molar-refractivity contribution in [1.29, 1.82) is 5.26 Å². The van der Waals surface area contributed by atoms with Crippen molar-refractivity contribution in [2.45, 2.75) is 6.54 Å². The second kappa shape index (κ2) is 6.31. The number of halogens is 1. The van der Waals surface area contributed by atoms with Gasteiger partial charge in [-0.05, 0) is 17.7 Å². The number of carbonyl (C=O) groups is 1.